The van der Waals surface area contributed by atoms with Gasteiger partial charge in [0.1, 0.15) is 11.5 Å². The molecule has 1 unspecified atom stereocenters. The molecular formula is C20H23N2OS+. The number of nitrogens with one attached hydrogen (secondary N) is 1. The quantitative estimate of drug-likeness (QED) is 0.855. The van der Waals surface area contributed by atoms with Gasteiger partial charge in [-0.1, -0.05) is 24.8 Å². The number of hydrogen-bond acceptors (Lipinski definition) is 2. The minimum Gasteiger partial charge on any atom is -0.310 e. The Morgan fingerprint density at radius 1 is 1.21 bits per heavy atom. The number of aryl methyl sites for hydroxylation is 1. The number of quaternary nitrogens is 1. The number of rotatable bonds is 3. The SMILES string of the molecule is C=CC[NH+]1Cc2c(sc3c2CCCC3)N(C(=O)c2ccccc2)C1. The van der Waals surface area contributed by atoms with Gasteiger partial charge in [0.05, 0.1) is 6.54 Å². The lowest BCUT2D eigenvalue weighted by molar-refractivity contribution is -0.908. The van der Waals surface area contributed by atoms with Gasteiger partial charge in [-0.15, -0.1) is 11.3 Å². The molecule has 124 valence electrons. The molecule has 1 aliphatic heterocycles. The standard InChI is InChI=1S/C20H22N2OS/c1-2-12-21-13-17-16-10-6-7-11-18(16)24-20(17)22(14-21)19(23)15-8-4-3-5-9-15/h2-5,8-9H,1,6-7,10-14H2/p+1. The first-order valence-corrected chi connectivity index (χ1v) is 9.54. The summed E-state index contributed by atoms with van der Waals surface area (Å²) in [5.41, 5.74) is 3.73. The molecule has 1 aliphatic carbocycles. The van der Waals surface area contributed by atoms with E-state index in [1.165, 1.54) is 51.6 Å². The molecule has 1 N–H and O–H groups in total. The Morgan fingerprint density at radius 2 is 2.00 bits per heavy atom. The summed E-state index contributed by atoms with van der Waals surface area (Å²) in [4.78, 5) is 18.0. The average molecular weight is 339 g/mol. The van der Waals surface area contributed by atoms with Crippen molar-refractivity contribution < 1.29 is 9.69 Å². The van der Waals surface area contributed by atoms with Crippen LogP contribution >= 0.6 is 11.3 Å². The summed E-state index contributed by atoms with van der Waals surface area (Å²) < 4.78 is 0. The molecule has 0 bridgehead atoms. The van der Waals surface area contributed by atoms with Crippen molar-refractivity contribution in [2.75, 3.05) is 18.1 Å². The molecule has 4 rings (SSSR count). The highest BCUT2D eigenvalue weighted by Crippen LogP contribution is 2.41. The van der Waals surface area contributed by atoms with E-state index >= 15 is 0 Å². The van der Waals surface area contributed by atoms with Crippen LogP contribution < -0.4 is 9.80 Å². The molecule has 4 heteroatoms. The van der Waals surface area contributed by atoms with E-state index in [1.807, 2.05) is 52.6 Å². The molecule has 0 spiro atoms. The van der Waals surface area contributed by atoms with Gasteiger partial charge in [0.25, 0.3) is 5.91 Å². The second-order valence-electron chi connectivity index (χ2n) is 6.67. The van der Waals surface area contributed by atoms with E-state index in [0.29, 0.717) is 0 Å². The summed E-state index contributed by atoms with van der Waals surface area (Å²) in [6.45, 7) is 6.53. The lowest BCUT2D eigenvalue weighted by Gasteiger charge is -2.32. The Kier molecular flexibility index (Phi) is 4.25. The third-order valence-corrected chi connectivity index (χ3v) is 6.37. The average Bonchev–Trinajstić information content (AvgIpc) is 3.00. The molecule has 0 saturated heterocycles. The molecule has 2 heterocycles. The van der Waals surface area contributed by atoms with Crippen LogP contribution in [0.2, 0.25) is 0 Å². The number of anilines is 1. The van der Waals surface area contributed by atoms with Crippen LogP contribution in [0, 0.1) is 0 Å². The van der Waals surface area contributed by atoms with E-state index in [0.717, 1.165) is 25.3 Å². The number of benzene rings is 1. The van der Waals surface area contributed by atoms with Crippen LogP contribution in [0.4, 0.5) is 5.00 Å². The van der Waals surface area contributed by atoms with E-state index in [1.54, 1.807) is 0 Å². The predicted octanol–water partition coefficient (Wildman–Crippen LogP) is 2.82. The van der Waals surface area contributed by atoms with Gasteiger partial charge in [0.2, 0.25) is 0 Å². The van der Waals surface area contributed by atoms with Crippen LogP contribution in [0.3, 0.4) is 0 Å². The number of carbonyl (C=O) groups excluding carboxylic acids is 1. The molecular weight excluding hydrogens is 316 g/mol. The largest absolute Gasteiger partial charge is 0.310 e. The van der Waals surface area contributed by atoms with Gasteiger partial charge in [0.15, 0.2) is 6.67 Å². The number of carbonyl (C=O) groups is 1. The zero-order chi connectivity index (χ0) is 16.5. The Balaban J connectivity index is 1.75. The first-order chi connectivity index (χ1) is 11.8. The van der Waals surface area contributed by atoms with Gasteiger partial charge < -0.3 is 4.90 Å². The third-order valence-electron chi connectivity index (χ3n) is 5.01. The molecule has 1 atom stereocenters. The summed E-state index contributed by atoms with van der Waals surface area (Å²) in [6, 6.07) is 9.66. The molecule has 1 aromatic heterocycles. The maximum Gasteiger partial charge on any atom is 0.263 e. The van der Waals surface area contributed by atoms with E-state index in [9.17, 15) is 4.79 Å². The van der Waals surface area contributed by atoms with Crippen molar-refractivity contribution in [2.45, 2.75) is 32.2 Å². The lowest BCUT2D eigenvalue weighted by atomic mass is 9.94. The Bertz CT molecular complexity index is 765. The molecule has 0 fully saturated rings. The van der Waals surface area contributed by atoms with Gasteiger partial charge in [-0.2, -0.15) is 0 Å². The predicted molar refractivity (Wildman–Crippen MR) is 98.8 cm³/mol. The fraction of sp³-hybridized carbons (Fsp3) is 0.350. The van der Waals surface area contributed by atoms with Crippen LogP contribution in [0.1, 0.15) is 39.2 Å². The smallest absolute Gasteiger partial charge is 0.263 e. The number of amides is 1. The molecule has 0 saturated carbocycles. The summed E-state index contributed by atoms with van der Waals surface area (Å²) in [7, 11) is 0. The Hall–Kier alpha value is -1.91. The van der Waals surface area contributed by atoms with Crippen molar-refractivity contribution in [3.63, 3.8) is 0 Å². The monoisotopic (exact) mass is 339 g/mol. The maximum atomic E-state index is 13.1. The van der Waals surface area contributed by atoms with Crippen molar-refractivity contribution >= 4 is 22.2 Å². The van der Waals surface area contributed by atoms with Crippen LogP contribution in [0.5, 0.6) is 0 Å². The van der Waals surface area contributed by atoms with E-state index in [2.05, 4.69) is 6.58 Å². The van der Waals surface area contributed by atoms with Crippen LogP contribution in [0.25, 0.3) is 0 Å². The fourth-order valence-corrected chi connectivity index (χ4v) is 5.26. The van der Waals surface area contributed by atoms with Gasteiger partial charge in [-0.25, -0.2) is 0 Å². The lowest BCUT2D eigenvalue weighted by Crippen LogP contribution is -3.13. The molecule has 0 radical (unpaired) electrons. The van der Waals surface area contributed by atoms with E-state index in [-0.39, 0.29) is 5.91 Å². The van der Waals surface area contributed by atoms with Crippen molar-refractivity contribution in [2.24, 2.45) is 0 Å². The molecule has 1 amide bonds. The molecule has 3 nitrogen and oxygen atoms in total. The van der Waals surface area contributed by atoms with Gasteiger partial charge in [0, 0.05) is 16.0 Å². The Morgan fingerprint density at radius 3 is 2.79 bits per heavy atom. The highest BCUT2D eigenvalue weighted by Gasteiger charge is 2.35. The minimum absolute atomic E-state index is 0.122. The van der Waals surface area contributed by atoms with Gasteiger partial charge in [-0.3, -0.25) is 9.69 Å². The summed E-state index contributed by atoms with van der Waals surface area (Å²) >= 11 is 1.85. The second kappa shape index (κ2) is 6.54. The second-order valence-corrected chi connectivity index (χ2v) is 7.76. The van der Waals surface area contributed by atoms with Gasteiger partial charge >= 0.3 is 0 Å². The third kappa shape index (κ3) is 2.70. The molecule has 2 aliphatic rings. The highest BCUT2D eigenvalue weighted by molar-refractivity contribution is 7.16. The first kappa shape index (κ1) is 15.6. The van der Waals surface area contributed by atoms with Crippen molar-refractivity contribution in [1.82, 2.24) is 0 Å². The summed E-state index contributed by atoms with van der Waals surface area (Å²) in [5.74, 6) is 0.122. The van der Waals surface area contributed by atoms with E-state index < -0.39 is 0 Å². The van der Waals surface area contributed by atoms with Gasteiger partial charge in [-0.05, 0) is 49.5 Å². The topological polar surface area (TPSA) is 24.8 Å². The highest BCUT2D eigenvalue weighted by atomic mass is 32.1. The minimum atomic E-state index is 0.122. The number of fused-ring (bicyclic) bond motifs is 3. The van der Waals surface area contributed by atoms with Crippen LogP contribution in [-0.2, 0) is 19.4 Å². The van der Waals surface area contributed by atoms with Crippen LogP contribution in [0.15, 0.2) is 43.0 Å². The molecule has 2 aromatic rings. The summed E-state index contributed by atoms with van der Waals surface area (Å²) in [6.07, 6.45) is 6.87. The summed E-state index contributed by atoms with van der Waals surface area (Å²) in [5, 5.41) is 1.20. The zero-order valence-corrected chi connectivity index (χ0v) is 14.7. The van der Waals surface area contributed by atoms with Crippen LogP contribution in [-0.4, -0.2) is 19.1 Å². The number of nitrogens with zero attached hydrogens (tertiary/aromatic N) is 1. The number of hydrogen-bond donors (Lipinski definition) is 1. The fourth-order valence-electron chi connectivity index (χ4n) is 3.86. The van der Waals surface area contributed by atoms with Crippen molar-refractivity contribution in [1.29, 1.82) is 0 Å². The Labute approximate surface area is 147 Å². The van der Waals surface area contributed by atoms with Crippen molar-refractivity contribution in [3.8, 4) is 0 Å². The van der Waals surface area contributed by atoms with E-state index in [4.69, 9.17) is 0 Å². The first-order valence-electron chi connectivity index (χ1n) is 8.72. The maximum absolute atomic E-state index is 13.1. The van der Waals surface area contributed by atoms with Crippen molar-refractivity contribution in [3.05, 3.63) is 64.6 Å². The zero-order valence-electron chi connectivity index (χ0n) is 13.9. The normalized spacial score (nSPS) is 19.5. The number of thiophene rings is 1. The molecule has 24 heavy (non-hydrogen) atoms. The molecule has 1 aromatic carbocycles.